The number of rotatable bonds is 3. The van der Waals surface area contributed by atoms with Gasteiger partial charge in [0.15, 0.2) is 5.69 Å². The average molecular weight is 452 g/mol. The molecule has 0 atom stereocenters. The van der Waals surface area contributed by atoms with Crippen molar-refractivity contribution in [3.8, 4) is 11.3 Å². The van der Waals surface area contributed by atoms with Gasteiger partial charge in [0.05, 0.1) is 6.54 Å². The summed E-state index contributed by atoms with van der Waals surface area (Å²) in [5.74, 6) is 1.39. The van der Waals surface area contributed by atoms with Gasteiger partial charge in [-0.3, -0.25) is 0 Å². The Kier molecular flexibility index (Phi) is 6.44. The van der Waals surface area contributed by atoms with E-state index in [2.05, 4.69) is 45.7 Å². The van der Waals surface area contributed by atoms with Gasteiger partial charge in [0, 0.05) is 27.6 Å². The van der Waals surface area contributed by atoms with Gasteiger partial charge in [0.25, 0.3) is 5.82 Å². The summed E-state index contributed by atoms with van der Waals surface area (Å²) in [5, 5.41) is 1.41. The molecule has 0 spiro atoms. The Morgan fingerprint density at radius 3 is 2.54 bits per heavy atom. The third-order valence-corrected chi connectivity index (χ3v) is 5.51. The number of aromatic nitrogens is 2. The van der Waals surface area contributed by atoms with Crippen LogP contribution in [0.15, 0.2) is 54.7 Å². The molecule has 0 amide bonds. The van der Waals surface area contributed by atoms with E-state index in [1.165, 1.54) is 36.3 Å². The quantitative estimate of drug-likeness (QED) is 0.541. The zero-order valence-corrected chi connectivity index (χ0v) is 17.6. The summed E-state index contributed by atoms with van der Waals surface area (Å²) in [6.07, 6.45) is 7.16. The molecule has 2 nitrogen and oxygen atoms in total. The number of hydrogen-bond donors (Lipinski definition) is 0. The number of imidazole rings is 1. The first-order valence-corrected chi connectivity index (χ1v) is 9.59. The summed E-state index contributed by atoms with van der Waals surface area (Å²) in [5.41, 5.74) is 3.67. The van der Waals surface area contributed by atoms with Crippen molar-refractivity contribution in [3.63, 3.8) is 0 Å². The fourth-order valence-electron chi connectivity index (χ4n) is 3.65. The first-order valence-electron chi connectivity index (χ1n) is 8.83. The van der Waals surface area contributed by atoms with Gasteiger partial charge in [-0.05, 0) is 31.4 Å². The first kappa shape index (κ1) is 19.5. The summed E-state index contributed by atoms with van der Waals surface area (Å²) in [6.45, 7) is 1.86. The van der Waals surface area contributed by atoms with Gasteiger partial charge in [-0.25, -0.2) is 9.13 Å². The van der Waals surface area contributed by atoms with Gasteiger partial charge in [0.1, 0.15) is 12.7 Å². The van der Waals surface area contributed by atoms with E-state index in [0.29, 0.717) is 5.02 Å². The Hall–Kier alpha value is -1.29. The number of nitrogens with zero attached hydrogens (tertiary/aromatic N) is 2. The van der Waals surface area contributed by atoms with Crippen molar-refractivity contribution in [1.29, 1.82) is 0 Å². The molecular weight excluding hydrogens is 431 g/mol. The molecule has 0 fully saturated rings. The van der Waals surface area contributed by atoms with Crippen molar-refractivity contribution < 1.29 is 21.5 Å². The molecule has 0 N–H and O–H groups in total. The van der Waals surface area contributed by atoms with Crippen LogP contribution in [0.2, 0.25) is 10.0 Å². The number of halogens is 3. The molecule has 0 radical (unpaired) electrons. The lowest BCUT2D eigenvalue weighted by Crippen LogP contribution is -3.00. The van der Waals surface area contributed by atoms with E-state index in [9.17, 15) is 0 Å². The van der Waals surface area contributed by atoms with Gasteiger partial charge in [-0.15, -0.1) is 0 Å². The van der Waals surface area contributed by atoms with E-state index in [1.807, 2.05) is 18.2 Å². The fraction of sp³-hybridized carbons (Fsp3) is 0.286. The summed E-state index contributed by atoms with van der Waals surface area (Å²) >= 11 is 12.5. The summed E-state index contributed by atoms with van der Waals surface area (Å²) < 4.78 is 4.86. The van der Waals surface area contributed by atoms with E-state index in [1.54, 1.807) is 0 Å². The Balaban J connectivity index is 0.00000196. The van der Waals surface area contributed by atoms with Crippen molar-refractivity contribution >= 4 is 23.2 Å². The largest absolute Gasteiger partial charge is 1.00 e. The van der Waals surface area contributed by atoms with Gasteiger partial charge in [-0.2, -0.15) is 0 Å². The Morgan fingerprint density at radius 1 is 0.962 bits per heavy atom. The molecule has 0 unspecified atom stereocenters. The van der Waals surface area contributed by atoms with Crippen LogP contribution < -0.4 is 21.5 Å². The van der Waals surface area contributed by atoms with Crippen LogP contribution in [0.5, 0.6) is 0 Å². The topological polar surface area (TPSA) is 8.81 Å². The molecule has 5 heteroatoms. The zero-order chi connectivity index (χ0) is 17.2. The molecule has 0 saturated carbocycles. The van der Waals surface area contributed by atoms with Crippen molar-refractivity contribution in [2.24, 2.45) is 0 Å². The Morgan fingerprint density at radius 2 is 1.77 bits per heavy atom. The third-order valence-electron chi connectivity index (χ3n) is 4.92. The second kappa shape index (κ2) is 8.60. The summed E-state index contributed by atoms with van der Waals surface area (Å²) in [7, 11) is 0. The molecule has 0 bridgehead atoms. The molecule has 136 valence electrons. The van der Waals surface area contributed by atoms with Gasteiger partial charge >= 0.3 is 0 Å². The van der Waals surface area contributed by atoms with E-state index in [0.717, 1.165) is 30.1 Å². The predicted molar refractivity (Wildman–Crippen MR) is 103 cm³/mol. The fourth-order valence-corrected chi connectivity index (χ4v) is 4.12. The molecule has 2 aromatic carbocycles. The third kappa shape index (κ3) is 4.00. The van der Waals surface area contributed by atoms with Gasteiger partial charge < -0.3 is 17.0 Å². The molecule has 3 aromatic rings. The standard InChI is InChI=1S/C21H21Cl2N2.BrH/c22-18-11-10-17(19(23)13-18)14-24-15-20(16-7-3-1-4-8-16)25-12-6-2-5-9-21(24)25;/h1,3-4,7-8,10-11,13,15H,2,5-6,9,12,14H2;1H/q+1;/p-1. The lowest BCUT2D eigenvalue weighted by atomic mass is 10.1. The maximum absolute atomic E-state index is 6.41. The monoisotopic (exact) mass is 450 g/mol. The molecule has 26 heavy (non-hydrogen) atoms. The van der Waals surface area contributed by atoms with Gasteiger partial charge in [-0.1, -0.05) is 59.6 Å². The van der Waals surface area contributed by atoms with Crippen LogP contribution in [0, 0.1) is 0 Å². The van der Waals surface area contributed by atoms with Crippen molar-refractivity contribution in [3.05, 3.63) is 76.2 Å². The number of benzene rings is 2. The van der Waals surface area contributed by atoms with E-state index < -0.39 is 0 Å². The highest BCUT2D eigenvalue weighted by molar-refractivity contribution is 6.35. The SMILES string of the molecule is Clc1ccc(C[n+]2cc(-c3ccccc3)n3c2CCCCC3)c(Cl)c1.[Br-]. The highest BCUT2D eigenvalue weighted by Gasteiger charge is 2.26. The van der Waals surface area contributed by atoms with Crippen LogP contribution in [-0.2, 0) is 19.5 Å². The molecule has 2 heterocycles. The second-order valence-electron chi connectivity index (χ2n) is 6.62. The molecule has 1 aromatic heterocycles. The highest BCUT2D eigenvalue weighted by Crippen LogP contribution is 2.25. The van der Waals surface area contributed by atoms with Crippen LogP contribution in [0.25, 0.3) is 11.3 Å². The maximum Gasteiger partial charge on any atom is 0.257 e. The van der Waals surface area contributed by atoms with E-state index in [-0.39, 0.29) is 17.0 Å². The lowest BCUT2D eigenvalue weighted by Gasteiger charge is -2.05. The van der Waals surface area contributed by atoms with Crippen LogP contribution in [-0.4, -0.2) is 4.57 Å². The van der Waals surface area contributed by atoms with Crippen LogP contribution >= 0.6 is 23.2 Å². The number of fused-ring (bicyclic) bond motifs is 1. The van der Waals surface area contributed by atoms with Crippen molar-refractivity contribution in [2.45, 2.75) is 38.8 Å². The van der Waals surface area contributed by atoms with Crippen LogP contribution in [0.3, 0.4) is 0 Å². The lowest BCUT2D eigenvalue weighted by molar-refractivity contribution is -0.695. The molecule has 0 saturated heterocycles. The minimum atomic E-state index is 0. The normalized spacial score (nSPS) is 13.6. The van der Waals surface area contributed by atoms with Crippen molar-refractivity contribution in [1.82, 2.24) is 4.57 Å². The molecule has 0 aliphatic carbocycles. The smallest absolute Gasteiger partial charge is 0.257 e. The molecule has 1 aliphatic heterocycles. The molecule has 1 aliphatic rings. The second-order valence-corrected chi connectivity index (χ2v) is 7.47. The number of hydrogen-bond acceptors (Lipinski definition) is 0. The minimum Gasteiger partial charge on any atom is -1.00 e. The summed E-state index contributed by atoms with van der Waals surface area (Å²) in [4.78, 5) is 0. The highest BCUT2D eigenvalue weighted by atomic mass is 79.9. The zero-order valence-electron chi connectivity index (χ0n) is 14.5. The molecule has 4 rings (SSSR count). The predicted octanol–water partition coefficient (Wildman–Crippen LogP) is 2.53. The Labute approximate surface area is 175 Å². The minimum absolute atomic E-state index is 0. The van der Waals surface area contributed by atoms with Crippen LogP contribution in [0.1, 0.15) is 30.7 Å². The van der Waals surface area contributed by atoms with E-state index >= 15 is 0 Å². The van der Waals surface area contributed by atoms with Crippen molar-refractivity contribution in [2.75, 3.05) is 0 Å². The van der Waals surface area contributed by atoms with Gasteiger partial charge in [0.2, 0.25) is 0 Å². The van der Waals surface area contributed by atoms with E-state index in [4.69, 9.17) is 23.2 Å². The van der Waals surface area contributed by atoms with Crippen LogP contribution in [0.4, 0.5) is 0 Å². The first-order chi connectivity index (χ1) is 12.2. The Bertz CT molecular complexity index is 891. The maximum atomic E-state index is 6.41. The molecular formula is C21H21BrCl2N2. The average Bonchev–Trinajstić information content (AvgIpc) is 2.79. The summed E-state index contributed by atoms with van der Waals surface area (Å²) in [6, 6.07) is 16.4.